The summed E-state index contributed by atoms with van der Waals surface area (Å²) in [5, 5.41) is 0. The van der Waals surface area contributed by atoms with E-state index in [2.05, 4.69) is 37.4 Å². The summed E-state index contributed by atoms with van der Waals surface area (Å²) in [5.74, 6) is -0.384. The van der Waals surface area contributed by atoms with Crippen LogP contribution in [0.4, 0.5) is 0 Å². The molecule has 0 unspecified atom stereocenters. The Morgan fingerprint density at radius 2 is 2.04 bits per heavy atom. The number of primary amides is 1. The summed E-state index contributed by atoms with van der Waals surface area (Å²) in [5.41, 5.74) is 11.4. The van der Waals surface area contributed by atoms with Crippen molar-refractivity contribution >= 4 is 21.8 Å². The summed E-state index contributed by atoms with van der Waals surface area (Å²) >= 11 is 3.46. The Hall–Kier alpha value is -2.34. The molecule has 0 aliphatic heterocycles. The van der Waals surface area contributed by atoms with E-state index < -0.39 is 0 Å². The largest absolute Gasteiger partial charge is 0.366 e. The van der Waals surface area contributed by atoms with Crippen molar-refractivity contribution in [2.45, 2.75) is 33.2 Å². The van der Waals surface area contributed by atoms with E-state index in [1.54, 1.807) is 6.33 Å². The topological polar surface area (TPSA) is 76.7 Å². The lowest BCUT2D eigenvalue weighted by Gasteiger charge is -2.11. The number of carbonyl (C=O) groups excluding carboxylic acids is 1. The maximum absolute atomic E-state index is 12.2. The summed E-state index contributed by atoms with van der Waals surface area (Å²) < 4.78 is 3.21. The fraction of sp³-hybridized carbons (Fsp3) is 0.263. The predicted molar refractivity (Wildman–Crippen MR) is 102 cm³/mol. The SMILES string of the molecule is CCc1c(-c2ccc(Br)cc2)c(C(N)=O)c(C)n1CCc1cnc[nH]1. The van der Waals surface area contributed by atoms with Crippen molar-refractivity contribution < 1.29 is 4.79 Å². The lowest BCUT2D eigenvalue weighted by atomic mass is 9.99. The maximum atomic E-state index is 12.2. The van der Waals surface area contributed by atoms with Crippen molar-refractivity contribution in [1.29, 1.82) is 0 Å². The van der Waals surface area contributed by atoms with Crippen LogP contribution in [-0.4, -0.2) is 20.4 Å². The van der Waals surface area contributed by atoms with Crippen molar-refractivity contribution in [1.82, 2.24) is 14.5 Å². The van der Waals surface area contributed by atoms with E-state index in [1.807, 2.05) is 37.4 Å². The van der Waals surface area contributed by atoms with E-state index in [0.717, 1.165) is 52.1 Å². The van der Waals surface area contributed by atoms with E-state index in [-0.39, 0.29) is 5.91 Å². The number of aryl methyl sites for hydroxylation is 1. The van der Waals surface area contributed by atoms with Crippen LogP contribution in [0.3, 0.4) is 0 Å². The fourth-order valence-electron chi connectivity index (χ4n) is 3.35. The van der Waals surface area contributed by atoms with Crippen LogP contribution in [0, 0.1) is 6.92 Å². The molecule has 3 N–H and O–H groups in total. The van der Waals surface area contributed by atoms with Gasteiger partial charge in [0.1, 0.15) is 0 Å². The number of halogens is 1. The molecule has 2 aromatic heterocycles. The molecular weight excluding hydrogens is 380 g/mol. The van der Waals surface area contributed by atoms with E-state index in [9.17, 15) is 4.79 Å². The minimum atomic E-state index is -0.384. The smallest absolute Gasteiger partial charge is 0.251 e. The number of rotatable bonds is 6. The molecule has 0 atom stereocenters. The number of aromatic amines is 1. The molecule has 3 aromatic rings. The van der Waals surface area contributed by atoms with Crippen molar-refractivity contribution in [2.24, 2.45) is 5.73 Å². The van der Waals surface area contributed by atoms with Gasteiger partial charge in [0.15, 0.2) is 0 Å². The van der Waals surface area contributed by atoms with Gasteiger partial charge in [0.25, 0.3) is 5.91 Å². The van der Waals surface area contributed by atoms with Gasteiger partial charge in [-0.05, 0) is 31.0 Å². The first kappa shape index (κ1) is 17.5. The lowest BCUT2D eigenvalue weighted by Crippen LogP contribution is -2.14. The van der Waals surface area contributed by atoms with Crippen molar-refractivity contribution in [3.05, 3.63) is 63.9 Å². The van der Waals surface area contributed by atoms with Crippen LogP contribution in [0.15, 0.2) is 41.3 Å². The number of H-pyrrole nitrogens is 1. The summed E-state index contributed by atoms with van der Waals surface area (Å²) in [6.07, 6.45) is 5.15. The number of nitrogens with two attached hydrogens (primary N) is 1. The van der Waals surface area contributed by atoms with Crippen LogP contribution in [0.5, 0.6) is 0 Å². The van der Waals surface area contributed by atoms with Crippen molar-refractivity contribution in [3.63, 3.8) is 0 Å². The number of carbonyl (C=O) groups is 1. The Bertz CT molecular complexity index is 879. The maximum Gasteiger partial charge on any atom is 0.251 e. The molecule has 0 bridgehead atoms. The molecule has 0 saturated carbocycles. The van der Waals surface area contributed by atoms with Crippen LogP contribution >= 0.6 is 15.9 Å². The standard InChI is InChI=1S/C19H21BrN4O/c1-3-16-18(13-4-6-14(20)7-5-13)17(19(21)25)12(2)24(16)9-8-15-10-22-11-23-15/h4-7,10-11H,3,8-9H2,1-2H3,(H2,21,25)(H,22,23). The number of nitrogens with zero attached hydrogens (tertiary/aromatic N) is 2. The molecule has 0 spiro atoms. The van der Waals surface area contributed by atoms with Crippen LogP contribution in [0.25, 0.3) is 11.1 Å². The van der Waals surface area contributed by atoms with E-state index in [0.29, 0.717) is 5.56 Å². The van der Waals surface area contributed by atoms with Crippen molar-refractivity contribution in [2.75, 3.05) is 0 Å². The Morgan fingerprint density at radius 3 is 2.60 bits per heavy atom. The average molecular weight is 401 g/mol. The van der Waals surface area contributed by atoms with Gasteiger partial charge < -0.3 is 15.3 Å². The third-order valence-corrected chi connectivity index (χ3v) is 5.03. The zero-order chi connectivity index (χ0) is 18.0. The van der Waals surface area contributed by atoms with Crippen LogP contribution in [0.1, 0.15) is 34.4 Å². The Labute approximate surface area is 155 Å². The Morgan fingerprint density at radius 1 is 1.32 bits per heavy atom. The molecule has 1 amide bonds. The third kappa shape index (κ3) is 3.39. The number of nitrogens with one attached hydrogen (secondary N) is 1. The third-order valence-electron chi connectivity index (χ3n) is 4.50. The molecule has 0 fully saturated rings. The molecule has 5 nitrogen and oxygen atoms in total. The van der Waals surface area contributed by atoms with Gasteiger partial charge in [0.05, 0.1) is 11.9 Å². The second-order valence-corrected chi connectivity index (χ2v) is 6.90. The number of benzene rings is 1. The van der Waals surface area contributed by atoms with E-state index >= 15 is 0 Å². The first-order chi connectivity index (χ1) is 12.0. The molecule has 130 valence electrons. The van der Waals surface area contributed by atoms with Crippen LogP contribution in [0.2, 0.25) is 0 Å². The highest BCUT2D eigenvalue weighted by Gasteiger charge is 2.23. The summed E-state index contributed by atoms with van der Waals surface area (Å²) in [7, 11) is 0. The molecule has 3 rings (SSSR count). The number of hydrogen-bond donors (Lipinski definition) is 2. The summed E-state index contributed by atoms with van der Waals surface area (Å²) in [6.45, 7) is 4.84. The predicted octanol–water partition coefficient (Wildman–Crippen LogP) is 3.85. The highest BCUT2D eigenvalue weighted by atomic mass is 79.9. The number of amides is 1. The van der Waals surface area contributed by atoms with Gasteiger partial charge in [0, 0.05) is 46.3 Å². The fourth-order valence-corrected chi connectivity index (χ4v) is 3.61. The second kappa shape index (κ2) is 7.27. The summed E-state index contributed by atoms with van der Waals surface area (Å²) in [6, 6.07) is 8.00. The minimum absolute atomic E-state index is 0.384. The lowest BCUT2D eigenvalue weighted by molar-refractivity contribution is 0.1000. The number of hydrogen-bond acceptors (Lipinski definition) is 2. The zero-order valence-electron chi connectivity index (χ0n) is 14.3. The quantitative estimate of drug-likeness (QED) is 0.658. The van der Waals surface area contributed by atoms with Crippen LogP contribution in [-0.2, 0) is 19.4 Å². The van der Waals surface area contributed by atoms with E-state index in [4.69, 9.17) is 5.73 Å². The minimum Gasteiger partial charge on any atom is -0.366 e. The van der Waals surface area contributed by atoms with Gasteiger partial charge in [-0.2, -0.15) is 0 Å². The van der Waals surface area contributed by atoms with Gasteiger partial charge in [-0.1, -0.05) is 35.0 Å². The zero-order valence-corrected chi connectivity index (χ0v) is 15.9. The monoisotopic (exact) mass is 400 g/mol. The normalized spacial score (nSPS) is 11.0. The first-order valence-electron chi connectivity index (χ1n) is 8.27. The molecule has 6 heteroatoms. The van der Waals surface area contributed by atoms with E-state index in [1.165, 1.54) is 0 Å². The van der Waals surface area contributed by atoms with Gasteiger partial charge in [-0.25, -0.2) is 4.98 Å². The summed E-state index contributed by atoms with van der Waals surface area (Å²) in [4.78, 5) is 19.4. The van der Waals surface area contributed by atoms with Gasteiger partial charge in [0.2, 0.25) is 0 Å². The molecule has 25 heavy (non-hydrogen) atoms. The average Bonchev–Trinajstić information content (AvgIpc) is 3.19. The molecule has 2 heterocycles. The highest BCUT2D eigenvalue weighted by molar-refractivity contribution is 9.10. The number of imidazole rings is 1. The van der Waals surface area contributed by atoms with Gasteiger partial charge in [-0.15, -0.1) is 0 Å². The molecule has 0 radical (unpaired) electrons. The van der Waals surface area contributed by atoms with Crippen molar-refractivity contribution in [3.8, 4) is 11.1 Å². The van der Waals surface area contributed by atoms with Crippen LogP contribution < -0.4 is 5.73 Å². The molecule has 0 saturated heterocycles. The second-order valence-electron chi connectivity index (χ2n) is 5.99. The molecular formula is C19H21BrN4O. The Balaban J connectivity index is 2.10. The first-order valence-corrected chi connectivity index (χ1v) is 9.07. The van der Waals surface area contributed by atoms with Gasteiger partial charge >= 0.3 is 0 Å². The molecule has 1 aromatic carbocycles. The van der Waals surface area contributed by atoms with Gasteiger partial charge in [-0.3, -0.25) is 4.79 Å². The highest BCUT2D eigenvalue weighted by Crippen LogP contribution is 2.34. The number of aromatic nitrogens is 3. The molecule has 0 aliphatic carbocycles. The molecule has 0 aliphatic rings. The Kier molecular flexibility index (Phi) is 5.08.